The molecule has 2 N–H and O–H groups in total. The summed E-state index contributed by atoms with van der Waals surface area (Å²) in [6, 6.07) is 3.66. The molecule has 230 valence electrons. The molecule has 0 unspecified atom stereocenters. The molecule has 0 spiro atoms. The zero-order valence-electron chi connectivity index (χ0n) is 24.4. The number of benzene rings is 1. The van der Waals surface area contributed by atoms with Crippen molar-refractivity contribution >= 4 is 31.6 Å². The van der Waals surface area contributed by atoms with Gasteiger partial charge in [0.25, 0.3) is 15.9 Å². The van der Waals surface area contributed by atoms with E-state index in [1.807, 2.05) is 6.92 Å². The van der Waals surface area contributed by atoms with Gasteiger partial charge >= 0.3 is 0 Å². The number of ether oxygens (including phenoxy) is 1. The highest BCUT2D eigenvalue weighted by molar-refractivity contribution is 7.92. The number of sulfonamides is 2. The Morgan fingerprint density at radius 3 is 2.21 bits per heavy atom. The second-order valence-corrected chi connectivity index (χ2v) is 14.1. The highest BCUT2D eigenvalue weighted by Crippen LogP contribution is 2.33. The largest absolute Gasteiger partial charge is 0.488 e. The summed E-state index contributed by atoms with van der Waals surface area (Å²) in [6.07, 6.45) is -0.727. The van der Waals surface area contributed by atoms with Crippen molar-refractivity contribution in [2.45, 2.75) is 63.5 Å². The minimum Gasteiger partial charge on any atom is -0.488 e. The lowest BCUT2D eigenvalue weighted by Crippen LogP contribution is -2.50. The molecule has 1 aliphatic heterocycles. The van der Waals surface area contributed by atoms with Crippen LogP contribution in [0, 0.1) is 33.6 Å². The fraction of sp³-hybridized carbons (Fsp3) is 0.500. The van der Waals surface area contributed by atoms with Gasteiger partial charge in [0.2, 0.25) is 10.0 Å². The predicted octanol–water partition coefficient (Wildman–Crippen LogP) is 2.24. The summed E-state index contributed by atoms with van der Waals surface area (Å²) in [4.78, 5) is 15.1. The lowest BCUT2D eigenvalue weighted by molar-refractivity contribution is 0.0387. The van der Waals surface area contributed by atoms with Gasteiger partial charge < -0.3 is 23.8 Å². The van der Waals surface area contributed by atoms with Crippen molar-refractivity contribution in [3.63, 3.8) is 0 Å². The van der Waals surface area contributed by atoms with Gasteiger partial charge in [-0.3, -0.25) is 9.52 Å². The molecule has 0 radical (unpaired) electrons. The molecule has 14 nitrogen and oxygen atoms in total. The SMILES string of the molecule is Cc1noc(C)c1S(=O)(=O)Nc1ccc2c(c1)C(=O)N([C@H](C)CO)C[C@H](C)[C@H](CN(C)S(=O)(=O)c1c(C)noc1C)O2. The number of aliphatic hydroxyl groups excluding tert-OH is 1. The number of anilines is 1. The van der Waals surface area contributed by atoms with Gasteiger partial charge in [0.1, 0.15) is 28.1 Å². The van der Waals surface area contributed by atoms with Crippen LogP contribution in [0.1, 0.15) is 47.1 Å². The number of aromatic nitrogens is 2. The Bertz CT molecular complexity index is 1660. The summed E-state index contributed by atoms with van der Waals surface area (Å²) >= 11 is 0. The van der Waals surface area contributed by atoms with Gasteiger partial charge in [0.15, 0.2) is 16.4 Å². The maximum absolute atomic E-state index is 13.7. The van der Waals surface area contributed by atoms with Crippen molar-refractivity contribution in [3.05, 3.63) is 46.7 Å². The smallest absolute Gasteiger partial charge is 0.267 e. The maximum atomic E-state index is 13.7. The number of aliphatic hydroxyl groups is 1. The third-order valence-electron chi connectivity index (χ3n) is 7.23. The third kappa shape index (κ3) is 5.88. The van der Waals surface area contributed by atoms with E-state index in [2.05, 4.69) is 15.0 Å². The summed E-state index contributed by atoms with van der Waals surface area (Å²) in [5, 5.41) is 17.4. The summed E-state index contributed by atoms with van der Waals surface area (Å²) in [5.74, 6) is -0.435. The Hall–Kier alpha value is -3.47. The van der Waals surface area contributed by atoms with Crippen molar-refractivity contribution in [2.24, 2.45) is 5.92 Å². The summed E-state index contributed by atoms with van der Waals surface area (Å²) in [6.45, 7) is 9.28. The first-order valence-electron chi connectivity index (χ1n) is 13.2. The van der Waals surface area contributed by atoms with Crippen LogP contribution in [0.5, 0.6) is 5.75 Å². The highest BCUT2D eigenvalue weighted by Gasteiger charge is 2.37. The average Bonchev–Trinajstić information content (AvgIpc) is 3.45. The molecule has 3 heterocycles. The van der Waals surface area contributed by atoms with Crippen molar-refractivity contribution < 1.29 is 40.5 Å². The van der Waals surface area contributed by atoms with Crippen molar-refractivity contribution in [3.8, 4) is 5.75 Å². The Labute approximate surface area is 244 Å². The van der Waals surface area contributed by atoms with E-state index in [-0.39, 0.29) is 75.3 Å². The lowest BCUT2D eigenvalue weighted by Gasteiger charge is -2.38. The number of amides is 1. The quantitative estimate of drug-likeness (QED) is 0.355. The molecule has 42 heavy (non-hydrogen) atoms. The zero-order valence-corrected chi connectivity index (χ0v) is 26.0. The predicted molar refractivity (Wildman–Crippen MR) is 150 cm³/mol. The number of fused-ring (bicyclic) bond motifs is 1. The van der Waals surface area contributed by atoms with Crippen LogP contribution in [0.15, 0.2) is 37.0 Å². The van der Waals surface area contributed by atoms with E-state index < -0.39 is 38.1 Å². The standard InChI is InChI=1S/C26H35N5O9S2/c1-14-11-31(15(2)13-32)26(33)21-10-20(29-41(34,35)24-16(3)27-39-18(24)5)8-9-22(21)38-23(14)12-30(7)42(36,37)25-17(4)28-40-19(25)6/h8-10,14-15,23,29,32H,11-13H2,1-7H3/t14-,15+,23-/m0/s1. The number of rotatable bonds is 9. The molecule has 0 fully saturated rings. The van der Waals surface area contributed by atoms with E-state index in [1.165, 1.54) is 50.9 Å². The molecular formula is C26H35N5O9S2. The zero-order chi connectivity index (χ0) is 31.1. The number of carbonyl (C=O) groups excluding carboxylic acids is 1. The van der Waals surface area contributed by atoms with Crippen LogP contribution < -0.4 is 9.46 Å². The van der Waals surface area contributed by atoms with E-state index in [1.54, 1.807) is 13.8 Å². The first-order chi connectivity index (χ1) is 19.6. The summed E-state index contributed by atoms with van der Waals surface area (Å²) in [7, 11) is -6.68. The van der Waals surface area contributed by atoms with Gasteiger partial charge in [-0.05, 0) is 52.8 Å². The summed E-state index contributed by atoms with van der Waals surface area (Å²) < 4.78 is 73.0. The average molecular weight is 626 g/mol. The minimum absolute atomic E-state index is 0.0233. The van der Waals surface area contributed by atoms with Crippen LogP contribution in [-0.2, 0) is 20.0 Å². The number of hydrogen-bond donors (Lipinski definition) is 2. The Kier molecular flexibility index (Phi) is 8.74. The number of aryl methyl sites for hydroxylation is 4. The first kappa shape index (κ1) is 31.5. The molecule has 1 aromatic carbocycles. The van der Waals surface area contributed by atoms with E-state index >= 15 is 0 Å². The molecule has 0 saturated heterocycles. The van der Waals surface area contributed by atoms with Gasteiger partial charge in [0.05, 0.1) is 24.8 Å². The molecule has 2 aromatic heterocycles. The molecule has 4 rings (SSSR count). The van der Waals surface area contributed by atoms with Crippen LogP contribution in [0.25, 0.3) is 0 Å². The molecule has 0 saturated carbocycles. The number of likely N-dealkylation sites (N-methyl/N-ethyl adjacent to an activating group) is 1. The minimum atomic E-state index is -4.10. The molecule has 3 atom stereocenters. The third-order valence-corrected chi connectivity index (χ3v) is 10.9. The molecule has 1 amide bonds. The Morgan fingerprint density at radius 1 is 1.07 bits per heavy atom. The van der Waals surface area contributed by atoms with Crippen LogP contribution in [0.4, 0.5) is 5.69 Å². The second kappa shape index (κ2) is 11.7. The fourth-order valence-electron chi connectivity index (χ4n) is 4.92. The monoisotopic (exact) mass is 625 g/mol. The van der Waals surface area contributed by atoms with E-state index in [0.717, 1.165) is 4.31 Å². The van der Waals surface area contributed by atoms with Crippen molar-refractivity contribution in [1.82, 2.24) is 19.5 Å². The molecular weight excluding hydrogens is 590 g/mol. The van der Waals surface area contributed by atoms with Crippen molar-refractivity contribution in [1.29, 1.82) is 0 Å². The topological polar surface area (TPSA) is 185 Å². The normalized spacial score (nSPS) is 18.8. The maximum Gasteiger partial charge on any atom is 0.267 e. The van der Waals surface area contributed by atoms with Crippen LogP contribution in [-0.4, -0.2) is 86.3 Å². The number of nitrogens with one attached hydrogen (secondary N) is 1. The van der Waals surface area contributed by atoms with Gasteiger partial charge in [-0.1, -0.05) is 17.2 Å². The number of nitrogens with zero attached hydrogens (tertiary/aromatic N) is 4. The fourth-order valence-corrected chi connectivity index (χ4v) is 7.77. The molecule has 0 aliphatic carbocycles. The molecule has 16 heteroatoms. The van der Waals surface area contributed by atoms with Gasteiger partial charge in [-0.2, -0.15) is 4.31 Å². The molecule has 3 aromatic rings. The second-order valence-electron chi connectivity index (χ2n) is 10.5. The van der Waals surface area contributed by atoms with Crippen molar-refractivity contribution in [2.75, 3.05) is 31.5 Å². The highest BCUT2D eigenvalue weighted by atomic mass is 32.2. The Balaban J connectivity index is 1.71. The Morgan fingerprint density at radius 2 is 1.67 bits per heavy atom. The van der Waals surface area contributed by atoms with Crippen LogP contribution >= 0.6 is 0 Å². The lowest BCUT2D eigenvalue weighted by atomic mass is 9.99. The van der Waals surface area contributed by atoms with E-state index in [9.17, 15) is 26.7 Å². The van der Waals surface area contributed by atoms with E-state index in [0.29, 0.717) is 0 Å². The number of carbonyl (C=O) groups is 1. The molecule has 0 bridgehead atoms. The van der Waals surface area contributed by atoms with E-state index in [4.69, 9.17) is 13.8 Å². The van der Waals surface area contributed by atoms with Gasteiger partial charge in [-0.15, -0.1) is 0 Å². The number of hydrogen-bond acceptors (Lipinski definition) is 11. The first-order valence-corrected chi connectivity index (χ1v) is 16.1. The van der Waals surface area contributed by atoms with Gasteiger partial charge in [-0.25, -0.2) is 16.8 Å². The van der Waals surface area contributed by atoms with Crippen LogP contribution in [0.3, 0.4) is 0 Å². The van der Waals surface area contributed by atoms with Gasteiger partial charge in [0, 0.05) is 25.2 Å². The summed E-state index contributed by atoms with van der Waals surface area (Å²) in [5.41, 5.74) is 0.547. The van der Waals surface area contributed by atoms with Crippen LogP contribution in [0.2, 0.25) is 0 Å². The molecule has 1 aliphatic rings.